The zero-order chi connectivity index (χ0) is 15.1. The Kier molecular flexibility index (Phi) is 5.71. The second-order valence-corrected chi connectivity index (χ2v) is 4.45. The van der Waals surface area contributed by atoms with Crippen molar-refractivity contribution >= 4 is 17.8 Å². The van der Waals surface area contributed by atoms with Gasteiger partial charge < -0.3 is 15.1 Å². The molecule has 1 rings (SSSR count). The van der Waals surface area contributed by atoms with Crippen molar-refractivity contribution in [1.82, 2.24) is 4.90 Å². The molecule has 1 aromatic rings. The second-order valence-electron chi connectivity index (χ2n) is 4.45. The first-order chi connectivity index (χ1) is 9.40. The molecule has 1 aromatic carbocycles. The lowest BCUT2D eigenvalue weighted by molar-refractivity contribution is -0.137. The molecule has 20 heavy (non-hydrogen) atoms. The van der Waals surface area contributed by atoms with Crippen molar-refractivity contribution in [3.8, 4) is 0 Å². The molecule has 0 unspecified atom stereocenters. The summed E-state index contributed by atoms with van der Waals surface area (Å²) in [7, 11) is 0. The number of carbonyl (C=O) groups is 3. The fourth-order valence-electron chi connectivity index (χ4n) is 1.65. The van der Waals surface area contributed by atoms with Crippen LogP contribution in [0.4, 0.5) is 0 Å². The monoisotopic (exact) mass is 279 g/mol. The average Bonchev–Trinajstić information content (AvgIpc) is 2.38. The molecule has 0 aliphatic heterocycles. The molecule has 0 aliphatic rings. The Labute approximate surface area is 116 Å². The fourth-order valence-corrected chi connectivity index (χ4v) is 1.65. The highest BCUT2D eigenvalue weighted by Gasteiger charge is 2.17. The molecule has 0 radical (unpaired) electrons. The van der Waals surface area contributed by atoms with Crippen molar-refractivity contribution in [2.75, 3.05) is 13.1 Å². The van der Waals surface area contributed by atoms with E-state index in [1.54, 1.807) is 24.3 Å². The molecule has 0 fully saturated rings. The van der Waals surface area contributed by atoms with E-state index in [4.69, 9.17) is 10.2 Å². The van der Waals surface area contributed by atoms with Gasteiger partial charge in [0.15, 0.2) is 0 Å². The summed E-state index contributed by atoms with van der Waals surface area (Å²) in [6.45, 7) is 1.88. The van der Waals surface area contributed by atoms with Crippen LogP contribution in [0.15, 0.2) is 24.3 Å². The number of carbonyl (C=O) groups excluding carboxylic acids is 1. The quantitative estimate of drug-likeness (QED) is 0.786. The Hall–Kier alpha value is -2.37. The highest BCUT2D eigenvalue weighted by Crippen LogP contribution is 2.08. The fraction of sp³-hybridized carbons (Fsp3) is 0.357. The molecule has 0 atom stereocenters. The lowest BCUT2D eigenvalue weighted by Gasteiger charge is -2.21. The van der Waals surface area contributed by atoms with Crippen LogP contribution in [-0.4, -0.2) is 46.0 Å². The highest BCUT2D eigenvalue weighted by atomic mass is 16.4. The maximum atomic E-state index is 12.2. The zero-order valence-electron chi connectivity index (χ0n) is 11.2. The molecule has 2 N–H and O–H groups in total. The number of carboxylic acids is 2. The van der Waals surface area contributed by atoms with Crippen molar-refractivity contribution < 1.29 is 24.6 Å². The predicted octanol–water partition coefficient (Wildman–Crippen LogP) is 1.39. The standard InChI is InChI=1S/C14H17NO5/c1-10-2-4-11(5-3-10)14(20)15(8-6-12(16)17)9-7-13(18)19/h2-5H,6-9H2,1H3,(H,16,17)(H,18,19). The van der Waals surface area contributed by atoms with Crippen LogP contribution >= 0.6 is 0 Å². The topological polar surface area (TPSA) is 94.9 Å². The second kappa shape index (κ2) is 7.28. The van der Waals surface area contributed by atoms with Gasteiger partial charge in [0, 0.05) is 18.7 Å². The summed E-state index contributed by atoms with van der Waals surface area (Å²) in [5.41, 5.74) is 1.43. The molecule has 6 nitrogen and oxygen atoms in total. The predicted molar refractivity (Wildman–Crippen MR) is 71.6 cm³/mol. The number of benzene rings is 1. The third-order valence-electron chi connectivity index (χ3n) is 2.78. The number of nitrogens with zero attached hydrogens (tertiary/aromatic N) is 1. The van der Waals surface area contributed by atoms with Gasteiger partial charge in [-0.1, -0.05) is 17.7 Å². The molecule has 6 heteroatoms. The van der Waals surface area contributed by atoms with Crippen molar-refractivity contribution in [1.29, 1.82) is 0 Å². The van der Waals surface area contributed by atoms with E-state index in [0.717, 1.165) is 5.56 Å². The van der Waals surface area contributed by atoms with Gasteiger partial charge >= 0.3 is 11.9 Å². The summed E-state index contributed by atoms with van der Waals surface area (Å²) in [6.07, 6.45) is -0.422. The number of aliphatic carboxylic acids is 2. The summed E-state index contributed by atoms with van der Waals surface area (Å²) in [5, 5.41) is 17.3. The Morgan fingerprint density at radius 3 is 1.80 bits per heavy atom. The van der Waals surface area contributed by atoms with Gasteiger partial charge in [0.2, 0.25) is 0 Å². The van der Waals surface area contributed by atoms with E-state index in [9.17, 15) is 14.4 Å². The van der Waals surface area contributed by atoms with Gasteiger partial charge in [-0.15, -0.1) is 0 Å². The summed E-state index contributed by atoms with van der Waals surface area (Å²) < 4.78 is 0. The van der Waals surface area contributed by atoms with E-state index >= 15 is 0 Å². The van der Waals surface area contributed by atoms with Gasteiger partial charge in [-0.25, -0.2) is 0 Å². The molecule has 0 heterocycles. The van der Waals surface area contributed by atoms with Crippen LogP contribution in [0, 0.1) is 6.92 Å². The van der Waals surface area contributed by atoms with Crippen molar-refractivity contribution in [2.24, 2.45) is 0 Å². The molecular weight excluding hydrogens is 262 g/mol. The molecule has 0 aromatic heterocycles. The van der Waals surface area contributed by atoms with E-state index in [0.29, 0.717) is 5.56 Å². The summed E-state index contributed by atoms with van der Waals surface area (Å²) in [6, 6.07) is 6.85. The molecule has 0 aliphatic carbocycles. The number of hydrogen-bond acceptors (Lipinski definition) is 3. The van der Waals surface area contributed by atoms with Gasteiger partial charge in [-0.3, -0.25) is 14.4 Å². The van der Waals surface area contributed by atoms with Crippen LogP contribution in [0.3, 0.4) is 0 Å². The van der Waals surface area contributed by atoms with Crippen molar-refractivity contribution in [2.45, 2.75) is 19.8 Å². The molecule has 0 spiro atoms. The summed E-state index contributed by atoms with van der Waals surface area (Å²) >= 11 is 0. The van der Waals surface area contributed by atoms with E-state index in [-0.39, 0.29) is 31.8 Å². The maximum absolute atomic E-state index is 12.2. The molecule has 1 amide bonds. The molecule has 0 saturated carbocycles. The zero-order valence-corrected chi connectivity index (χ0v) is 11.2. The van der Waals surface area contributed by atoms with Crippen LogP contribution in [0.5, 0.6) is 0 Å². The first kappa shape index (κ1) is 15.7. The highest BCUT2D eigenvalue weighted by molar-refractivity contribution is 5.94. The smallest absolute Gasteiger partial charge is 0.305 e. The largest absolute Gasteiger partial charge is 0.481 e. The van der Waals surface area contributed by atoms with E-state index < -0.39 is 11.9 Å². The van der Waals surface area contributed by atoms with Crippen LogP contribution < -0.4 is 0 Å². The lowest BCUT2D eigenvalue weighted by atomic mass is 10.1. The van der Waals surface area contributed by atoms with Crippen LogP contribution in [0.2, 0.25) is 0 Å². The summed E-state index contributed by atoms with van der Waals surface area (Å²) in [4.78, 5) is 34.7. The average molecular weight is 279 g/mol. The molecular formula is C14H17NO5. The Morgan fingerprint density at radius 2 is 1.40 bits per heavy atom. The first-order valence-corrected chi connectivity index (χ1v) is 6.19. The molecule has 108 valence electrons. The van der Waals surface area contributed by atoms with Crippen molar-refractivity contribution in [3.63, 3.8) is 0 Å². The minimum Gasteiger partial charge on any atom is -0.481 e. The van der Waals surface area contributed by atoms with Gasteiger partial charge in [-0.2, -0.15) is 0 Å². The normalized spacial score (nSPS) is 10.1. The lowest BCUT2D eigenvalue weighted by Crippen LogP contribution is -2.34. The van der Waals surface area contributed by atoms with Gasteiger partial charge in [0.1, 0.15) is 0 Å². The Bertz CT molecular complexity index is 477. The number of aryl methyl sites for hydroxylation is 1. The maximum Gasteiger partial charge on any atom is 0.305 e. The van der Waals surface area contributed by atoms with Crippen molar-refractivity contribution in [3.05, 3.63) is 35.4 Å². The Morgan fingerprint density at radius 1 is 0.950 bits per heavy atom. The number of carboxylic acid groups (broad SMARTS) is 2. The SMILES string of the molecule is Cc1ccc(C(=O)N(CCC(=O)O)CCC(=O)O)cc1. The van der Waals surface area contributed by atoms with E-state index in [2.05, 4.69) is 0 Å². The van der Waals surface area contributed by atoms with Crippen LogP contribution in [-0.2, 0) is 9.59 Å². The first-order valence-electron chi connectivity index (χ1n) is 6.19. The third kappa shape index (κ3) is 5.09. The van der Waals surface area contributed by atoms with Crippen LogP contribution in [0.25, 0.3) is 0 Å². The van der Waals surface area contributed by atoms with E-state index in [1.807, 2.05) is 6.92 Å². The van der Waals surface area contributed by atoms with Gasteiger partial charge in [0.05, 0.1) is 12.8 Å². The number of amides is 1. The Balaban J connectivity index is 2.78. The molecule has 0 bridgehead atoms. The molecule has 0 saturated heterocycles. The number of rotatable bonds is 7. The van der Waals surface area contributed by atoms with Crippen LogP contribution in [0.1, 0.15) is 28.8 Å². The number of hydrogen-bond donors (Lipinski definition) is 2. The van der Waals surface area contributed by atoms with Gasteiger partial charge in [-0.05, 0) is 19.1 Å². The minimum absolute atomic E-state index is 0.00464. The third-order valence-corrected chi connectivity index (χ3v) is 2.78. The minimum atomic E-state index is -1.03. The summed E-state index contributed by atoms with van der Waals surface area (Å²) in [5.74, 6) is -2.41. The van der Waals surface area contributed by atoms with E-state index in [1.165, 1.54) is 4.90 Å². The van der Waals surface area contributed by atoms with Gasteiger partial charge in [0.25, 0.3) is 5.91 Å².